The van der Waals surface area contributed by atoms with Gasteiger partial charge in [-0.05, 0) is 44.0 Å². The molecule has 5 heteroatoms. The lowest BCUT2D eigenvalue weighted by molar-refractivity contribution is -0.120. The molecule has 2 aromatic carbocycles. The van der Waals surface area contributed by atoms with Gasteiger partial charge in [-0.1, -0.05) is 29.8 Å². The molecule has 5 nitrogen and oxygen atoms in total. The lowest BCUT2D eigenvalue weighted by Crippen LogP contribution is -2.41. The summed E-state index contributed by atoms with van der Waals surface area (Å²) in [4.78, 5) is 23.8. The summed E-state index contributed by atoms with van der Waals surface area (Å²) in [5.41, 5.74) is 2.97. The maximum absolute atomic E-state index is 12.7. The molecule has 1 N–H and O–H groups in total. The monoisotopic (exact) mass is 346 g/mol. The van der Waals surface area contributed by atoms with Crippen molar-refractivity contribution in [2.45, 2.75) is 19.8 Å². The Labute approximate surface area is 153 Å². The average Bonchev–Trinajstić information content (AvgIpc) is 2.69. The van der Waals surface area contributed by atoms with Gasteiger partial charge in [-0.3, -0.25) is 4.79 Å². The van der Waals surface area contributed by atoms with E-state index in [-0.39, 0.29) is 11.8 Å². The summed E-state index contributed by atoms with van der Waals surface area (Å²) in [6, 6.07) is 15.9. The molecule has 1 amide bonds. The predicted octanol–water partition coefficient (Wildman–Crippen LogP) is 3.79. The van der Waals surface area contributed by atoms with E-state index in [1.807, 2.05) is 55.5 Å². The van der Waals surface area contributed by atoms with E-state index >= 15 is 0 Å². The van der Waals surface area contributed by atoms with Crippen molar-refractivity contribution >= 4 is 28.3 Å². The lowest BCUT2D eigenvalue weighted by atomic mass is 9.96. The number of piperidine rings is 1. The van der Waals surface area contributed by atoms with Gasteiger partial charge in [0.25, 0.3) is 0 Å². The Balaban J connectivity index is 1.51. The molecule has 2 heterocycles. The summed E-state index contributed by atoms with van der Waals surface area (Å²) in [7, 11) is 0. The van der Waals surface area contributed by atoms with Crippen molar-refractivity contribution < 1.29 is 4.79 Å². The number of nitrogens with zero attached hydrogens (tertiary/aromatic N) is 3. The molecule has 1 aliphatic rings. The Kier molecular flexibility index (Phi) is 4.52. The second-order valence-corrected chi connectivity index (χ2v) is 6.85. The smallest absolute Gasteiger partial charge is 0.229 e. The highest BCUT2D eigenvalue weighted by molar-refractivity contribution is 5.94. The van der Waals surface area contributed by atoms with Crippen LogP contribution in [0.5, 0.6) is 0 Å². The minimum atomic E-state index is -0.0428. The van der Waals surface area contributed by atoms with Crippen LogP contribution < -0.4 is 10.2 Å². The number of carbonyl (C=O) groups is 1. The number of aromatic nitrogens is 2. The van der Waals surface area contributed by atoms with Crippen molar-refractivity contribution in [1.82, 2.24) is 9.97 Å². The van der Waals surface area contributed by atoms with Crippen molar-refractivity contribution in [1.29, 1.82) is 0 Å². The molecule has 1 saturated heterocycles. The van der Waals surface area contributed by atoms with E-state index in [0.29, 0.717) is 6.54 Å². The van der Waals surface area contributed by atoms with Crippen LogP contribution in [0.1, 0.15) is 18.4 Å². The standard InChI is InChI=1S/C21H22N4O/c1-15-8-10-17(11-9-15)24-21(26)16-5-4-12-25(13-16)20-18-6-2-3-7-19(18)22-14-23-20/h2-3,6-11,14,16H,4-5,12-13H2,1H3,(H,24,26). The summed E-state index contributed by atoms with van der Waals surface area (Å²) in [6.07, 6.45) is 3.48. The Morgan fingerprint density at radius 1 is 1.12 bits per heavy atom. The zero-order valence-corrected chi connectivity index (χ0v) is 14.9. The molecule has 4 rings (SSSR count). The van der Waals surface area contributed by atoms with Gasteiger partial charge < -0.3 is 10.2 Å². The van der Waals surface area contributed by atoms with E-state index < -0.39 is 0 Å². The van der Waals surface area contributed by atoms with Crippen molar-refractivity contribution in [3.05, 3.63) is 60.4 Å². The van der Waals surface area contributed by atoms with Crippen LogP contribution in [0, 0.1) is 12.8 Å². The van der Waals surface area contributed by atoms with Gasteiger partial charge in [-0.15, -0.1) is 0 Å². The van der Waals surface area contributed by atoms with Gasteiger partial charge in [0, 0.05) is 24.2 Å². The van der Waals surface area contributed by atoms with Crippen molar-refractivity contribution in [3.63, 3.8) is 0 Å². The zero-order valence-electron chi connectivity index (χ0n) is 14.9. The second kappa shape index (κ2) is 7.12. The van der Waals surface area contributed by atoms with Gasteiger partial charge in [0.05, 0.1) is 11.4 Å². The summed E-state index contributed by atoms with van der Waals surface area (Å²) in [5.74, 6) is 0.958. The Morgan fingerprint density at radius 2 is 1.92 bits per heavy atom. The van der Waals surface area contributed by atoms with E-state index in [2.05, 4.69) is 20.2 Å². The van der Waals surface area contributed by atoms with Gasteiger partial charge in [-0.2, -0.15) is 0 Å². The van der Waals surface area contributed by atoms with Gasteiger partial charge >= 0.3 is 0 Å². The Morgan fingerprint density at radius 3 is 2.77 bits per heavy atom. The molecular formula is C21H22N4O. The molecule has 1 fully saturated rings. The predicted molar refractivity (Wildman–Crippen MR) is 104 cm³/mol. The Bertz CT molecular complexity index is 917. The van der Waals surface area contributed by atoms with Gasteiger partial charge in [-0.25, -0.2) is 9.97 Å². The molecule has 1 unspecified atom stereocenters. The number of benzene rings is 2. The van der Waals surface area contributed by atoms with E-state index in [1.165, 1.54) is 5.56 Å². The van der Waals surface area contributed by atoms with Gasteiger partial charge in [0.2, 0.25) is 5.91 Å². The van der Waals surface area contributed by atoms with Crippen molar-refractivity contribution in [2.24, 2.45) is 5.92 Å². The first-order chi connectivity index (χ1) is 12.7. The number of para-hydroxylation sites is 1. The highest BCUT2D eigenvalue weighted by atomic mass is 16.1. The van der Waals surface area contributed by atoms with Crippen LogP contribution in [0.15, 0.2) is 54.9 Å². The first-order valence-electron chi connectivity index (χ1n) is 9.03. The van der Waals surface area contributed by atoms with Crippen LogP contribution in [0.3, 0.4) is 0 Å². The zero-order chi connectivity index (χ0) is 17.9. The number of rotatable bonds is 3. The molecule has 1 aromatic heterocycles. The number of hydrogen-bond donors (Lipinski definition) is 1. The molecule has 0 aliphatic carbocycles. The molecule has 1 atom stereocenters. The quantitative estimate of drug-likeness (QED) is 0.784. The maximum atomic E-state index is 12.7. The number of nitrogens with one attached hydrogen (secondary N) is 1. The van der Waals surface area contributed by atoms with Crippen LogP contribution in [0.4, 0.5) is 11.5 Å². The summed E-state index contributed by atoms with van der Waals surface area (Å²) in [5, 5.41) is 4.09. The topological polar surface area (TPSA) is 58.1 Å². The molecule has 1 aliphatic heterocycles. The highest BCUT2D eigenvalue weighted by Gasteiger charge is 2.27. The van der Waals surface area contributed by atoms with Gasteiger partial charge in [0.15, 0.2) is 0 Å². The molecule has 0 radical (unpaired) electrons. The lowest BCUT2D eigenvalue weighted by Gasteiger charge is -2.33. The molecule has 26 heavy (non-hydrogen) atoms. The molecule has 132 valence electrons. The van der Waals surface area contributed by atoms with E-state index in [1.54, 1.807) is 6.33 Å². The molecule has 0 bridgehead atoms. The fraction of sp³-hybridized carbons (Fsp3) is 0.286. The fourth-order valence-electron chi connectivity index (χ4n) is 3.51. The largest absolute Gasteiger partial charge is 0.355 e. The van der Waals surface area contributed by atoms with Crippen LogP contribution in [-0.2, 0) is 4.79 Å². The molecule has 3 aromatic rings. The summed E-state index contributed by atoms with van der Waals surface area (Å²) < 4.78 is 0. The molecule has 0 saturated carbocycles. The molecule has 0 spiro atoms. The number of carbonyl (C=O) groups excluding carboxylic acids is 1. The highest BCUT2D eigenvalue weighted by Crippen LogP contribution is 2.27. The summed E-state index contributed by atoms with van der Waals surface area (Å²) >= 11 is 0. The third-order valence-electron chi connectivity index (χ3n) is 4.93. The first kappa shape index (κ1) is 16.5. The first-order valence-corrected chi connectivity index (χ1v) is 9.03. The second-order valence-electron chi connectivity index (χ2n) is 6.85. The number of fused-ring (bicyclic) bond motifs is 1. The number of aryl methyl sites for hydroxylation is 1. The van der Waals surface area contributed by atoms with E-state index in [9.17, 15) is 4.79 Å². The Hall–Kier alpha value is -2.95. The minimum Gasteiger partial charge on any atom is -0.355 e. The van der Waals surface area contributed by atoms with E-state index in [4.69, 9.17) is 0 Å². The van der Waals surface area contributed by atoms with Crippen LogP contribution >= 0.6 is 0 Å². The number of amides is 1. The van der Waals surface area contributed by atoms with Crippen molar-refractivity contribution in [2.75, 3.05) is 23.3 Å². The maximum Gasteiger partial charge on any atom is 0.229 e. The van der Waals surface area contributed by atoms with E-state index in [0.717, 1.165) is 41.8 Å². The van der Waals surface area contributed by atoms with Crippen LogP contribution in [-0.4, -0.2) is 29.0 Å². The molecular weight excluding hydrogens is 324 g/mol. The fourth-order valence-corrected chi connectivity index (χ4v) is 3.51. The minimum absolute atomic E-state index is 0.0428. The third kappa shape index (κ3) is 3.38. The normalized spacial score (nSPS) is 17.3. The summed E-state index contributed by atoms with van der Waals surface area (Å²) in [6.45, 7) is 3.63. The average molecular weight is 346 g/mol. The van der Waals surface area contributed by atoms with Gasteiger partial charge in [0.1, 0.15) is 12.1 Å². The SMILES string of the molecule is Cc1ccc(NC(=O)C2CCCN(c3ncnc4ccccc34)C2)cc1. The van der Waals surface area contributed by atoms with Crippen LogP contribution in [0.2, 0.25) is 0 Å². The van der Waals surface area contributed by atoms with Crippen LogP contribution in [0.25, 0.3) is 10.9 Å². The number of hydrogen-bond acceptors (Lipinski definition) is 4. The number of anilines is 2. The third-order valence-corrected chi connectivity index (χ3v) is 4.93. The van der Waals surface area contributed by atoms with Crippen molar-refractivity contribution in [3.8, 4) is 0 Å².